The number of cyclic esters (lactones) is 2. The third kappa shape index (κ3) is 9.13. The highest BCUT2D eigenvalue weighted by Crippen LogP contribution is 2.37. The van der Waals surface area contributed by atoms with Crippen LogP contribution >= 0.6 is 0 Å². The Morgan fingerprint density at radius 3 is 1.97 bits per heavy atom. The van der Waals surface area contributed by atoms with Crippen LogP contribution in [0, 0.1) is 29.6 Å². The topological polar surface area (TPSA) is 96.0 Å². The van der Waals surface area contributed by atoms with Crippen LogP contribution in [0.25, 0.3) is 0 Å². The van der Waals surface area contributed by atoms with Gasteiger partial charge in [-0.15, -0.1) is 0 Å². The van der Waals surface area contributed by atoms with Gasteiger partial charge >= 0.3 is 23.9 Å². The minimum absolute atomic E-state index is 0.116. The first-order chi connectivity index (χ1) is 14.0. The normalized spacial score (nSPS) is 22.5. The summed E-state index contributed by atoms with van der Waals surface area (Å²) < 4.78 is 15.3. The van der Waals surface area contributed by atoms with Gasteiger partial charge in [0.15, 0.2) is 0 Å². The van der Waals surface area contributed by atoms with Gasteiger partial charge in [0.05, 0.1) is 30.8 Å². The molecular weight excluding hydrogens is 416 g/mol. The monoisotopic (exact) mass is 456 g/mol. The number of esters is 4. The second kappa shape index (κ2) is 10.7. The van der Waals surface area contributed by atoms with Gasteiger partial charge in [0.1, 0.15) is 5.60 Å². The van der Waals surface area contributed by atoms with E-state index in [9.17, 15) is 19.2 Å². The first-order valence-electron chi connectivity index (χ1n) is 11.1. The summed E-state index contributed by atoms with van der Waals surface area (Å²) in [5.41, 5.74) is -0.707. The number of ether oxygens (including phenoxy) is 3. The highest BCUT2D eigenvalue weighted by atomic mass is 28.3. The van der Waals surface area contributed by atoms with E-state index in [1.54, 1.807) is 27.7 Å². The highest BCUT2D eigenvalue weighted by molar-refractivity contribution is 6.76. The summed E-state index contributed by atoms with van der Waals surface area (Å²) in [5.74, 6) is -4.28. The summed E-state index contributed by atoms with van der Waals surface area (Å²) in [6, 6.07) is 1.03. The van der Waals surface area contributed by atoms with Gasteiger partial charge in [0.25, 0.3) is 0 Å². The molecule has 0 amide bonds. The van der Waals surface area contributed by atoms with Crippen LogP contribution in [0.3, 0.4) is 0 Å². The molecule has 0 radical (unpaired) electrons. The third-order valence-electron chi connectivity index (χ3n) is 5.43. The Morgan fingerprint density at radius 1 is 1.00 bits per heavy atom. The fourth-order valence-electron chi connectivity index (χ4n) is 4.37. The lowest BCUT2D eigenvalue weighted by atomic mass is 9.79. The molecule has 5 atom stereocenters. The van der Waals surface area contributed by atoms with Crippen molar-refractivity contribution in [1.82, 2.24) is 0 Å². The predicted octanol–water partition coefficient (Wildman–Crippen LogP) is 4.21. The maximum absolute atomic E-state index is 12.9. The van der Waals surface area contributed by atoms with E-state index in [0.717, 1.165) is 6.04 Å². The van der Waals surface area contributed by atoms with Crippen LogP contribution in [0.15, 0.2) is 0 Å². The standard InChI is InChI=1S/C23H40O7Si/c1-14(13-31(7,8)9)10-17-18(22(27)29-21(17)26)12-16(11-15(2)19(24)28-6)20(25)30-23(3,4)5/h14-18H,10-13H2,1-9H3. The molecule has 1 aliphatic heterocycles. The van der Waals surface area contributed by atoms with Crippen molar-refractivity contribution >= 4 is 32.0 Å². The van der Waals surface area contributed by atoms with Crippen molar-refractivity contribution in [2.45, 2.75) is 85.2 Å². The van der Waals surface area contributed by atoms with Crippen molar-refractivity contribution in [2.75, 3.05) is 7.11 Å². The number of hydrogen-bond donors (Lipinski definition) is 0. The van der Waals surface area contributed by atoms with E-state index in [-0.39, 0.29) is 18.8 Å². The van der Waals surface area contributed by atoms with Crippen molar-refractivity contribution in [3.05, 3.63) is 0 Å². The minimum atomic E-state index is -1.33. The summed E-state index contributed by atoms with van der Waals surface area (Å²) in [5, 5.41) is 0. The van der Waals surface area contributed by atoms with E-state index in [2.05, 4.69) is 26.6 Å². The molecular formula is C23H40O7Si. The molecule has 1 saturated heterocycles. The fourth-order valence-corrected chi connectivity index (χ4v) is 6.62. The van der Waals surface area contributed by atoms with E-state index in [4.69, 9.17) is 14.2 Å². The number of methoxy groups -OCH3 is 1. The molecule has 178 valence electrons. The SMILES string of the molecule is COC(=O)C(C)CC(CC1C(=O)OC(=O)C1CC(C)C[Si](C)(C)C)C(=O)OC(C)(C)C. The lowest BCUT2D eigenvalue weighted by Gasteiger charge is -2.28. The molecule has 1 aliphatic rings. The largest absolute Gasteiger partial charge is 0.469 e. The molecule has 0 aromatic rings. The molecule has 0 saturated carbocycles. The summed E-state index contributed by atoms with van der Waals surface area (Å²) in [4.78, 5) is 49.8. The van der Waals surface area contributed by atoms with Crippen LogP contribution in [0.1, 0.15) is 53.9 Å². The molecule has 0 aliphatic carbocycles. The van der Waals surface area contributed by atoms with Gasteiger partial charge in [-0.05, 0) is 46.0 Å². The van der Waals surface area contributed by atoms with Crippen LogP contribution in [0.4, 0.5) is 0 Å². The van der Waals surface area contributed by atoms with Crippen LogP contribution in [0.5, 0.6) is 0 Å². The number of carbonyl (C=O) groups excluding carboxylic acids is 4. The fraction of sp³-hybridized carbons (Fsp3) is 0.826. The van der Waals surface area contributed by atoms with Gasteiger partial charge < -0.3 is 14.2 Å². The lowest BCUT2D eigenvalue weighted by molar-refractivity contribution is -0.162. The van der Waals surface area contributed by atoms with Gasteiger partial charge in [-0.1, -0.05) is 39.5 Å². The maximum atomic E-state index is 12.9. The third-order valence-corrected chi connectivity index (χ3v) is 7.35. The molecule has 8 heteroatoms. The zero-order valence-corrected chi connectivity index (χ0v) is 21.6. The first kappa shape index (κ1) is 27.3. The first-order valence-corrected chi connectivity index (χ1v) is 14.8. The summed E-state index contributed by atoms with van der Waals surface area (Å²) in [6.07, 6.45) is 0.842. The molecule has 1 fully saturated rings. The lowest BCUT2D eigenvalue weighted by Crippen LogP contribution is -2.34. The molecule has 0 bridgehead atoms. The van der Waals surface area contributed by atoms with Gasteiger partial charge in [-0.25, -0.2) is 0 Å². The van der Waals surface area contributed by atoms with E-state index in [0.29, 0.717) is 6.42 Å². The van der Waals surface area contributed by atoms with Gasteiger partial charge in [0, 0.05) is 8.07 Å². The van der Waals surface area contributed by atoms with Crippen molar-refractivity contribution in [2.24, 2.45) is 29.6 Å². The smallest absolute Gasteiger partial charge is 0.317 e. The zero-order valence-electron chi connectivity index (χ0n) is 20.6. The molecule has 1 heterocycles. The Bertz CT molecular complexity index is 674. The Kier molecular flexibility index (Phi) is 9.47. The molecule has 0 N–H and O–H groups in total. The van der Waals surface area contributed by atoms with Crippen LogP contribution in [-0.4, -0.2) is 44.7 Å². The molecule has 7 nitrogen and oxygen atoms in total. The van der Waals surface area contributed by atoms with Gasteiger partial charge in [-0.2, -0.15) is 0 Å². The predicted molar refractivity (Wildman–Crippen MR) is 120 cm³/mol. The average Bonchev–Trinajstić information content (AvgIpc) is 2.83. The van der Waals surface area contributed by atoms with E-state index in [1.807, 2.05) is 0 Å². The van der Waals surface area contributed by atoms with Crippen LogP contribution in [-0.2, 0) is 33.4 Å². The molecule has 0 aromatic heterocycles. The summed E-state index contributed by atoms with van der Waals surface area (Å²) in [7, 11) is -0.0352. The second-order valence-corrected chi connectivity index (χ2v) is 16.7. The number of carbonyl (C=O) groups is 4. The molecule has 1 rings (SSSR count). The van der Waals surface area contributed by atoms with E-state index >= 15 is 0 Å². The Labute approximate surface area is 187 Å². The van der Waals surface area contributed by atoms with Crippen LogP contribution in [0.2, 0.25) is 25.7 Å². The quantitative estimate of drug-likeness (QED) is 0.210. The number of hydrogen-bond acceptors (Lipinski definition) is 7. The molecule has 0 spiro atoms. The van der Waals surface area contributed by atoms with Gasteiger partial charge in [-0.3, -0.25) is 19.2 Å². The van der Waals surface area contributed by atoms with Crippen molar-refractivity contribution < 1.29 is 33.4 Å². The Hall–Kier alpha value is -1.70. The second-order valence-electron chi connectivity index (χ2n) is 11.2. The van der Waals surface area contributed by atoms with Crippen molar-refractivity contribution in [1.29, 1.82) is 0 Å². The maximum Gasteiger partial charge on any atom is 0.317 e. The van der Waals surface area contributed by atoms with Crippen molar-refractivity contribution in [3.8, 4) is 0 Å². The van der Waals surface area contributed by atoms with E-state index < -0.39 is 61.2 Å². The highest BCUT2D eigenvalue weighted by Gasteiger charge is 2.47. The number of rotatable bonds is 10. The van der Waals surface area contributed by atoms with E-state index in [1.165, 1.54) is 7.11 Å². The zero-order chi connectivity index (χ0) is 24.1. The Balaban J connectivity index is 3.06. The Morgan fingerprint density at radius 2 is 1.52 bits per heavy atom. The molecule has 5 unspecified atom stereocenters. The minimum Gasteiger partial charge on any atom is -0.469 e. The van der Waals surface area contributed by atoms with Gasteiger partial charge in [0.2, 0.25) is 0 Å². The molecule has 31 heavy (non-hydrogen) atoms. The average molecular weight is 457 g/mol. The summed E-state index contributed by atoms with van der Waals surface area (Å²) in [6.45, 7) is 15.9. The van der Waals surface area contributed by atoms with Crippen molar-refractivity contribution in [3.63, 3.8) is 0 Å². The van der Waals surface area contributed by atoms with Crippen LogP contribution < -0.4 is 0 Å². The summed E-state index contributed by atoms with van der Waals surface area (Å²) >= 11 is 0. The molecule has 0 aromatic carbocycles.